The highest BCUT2D eigenvalue weighted by Crippen LogP contribution is 2.29. The Labute approximate surface area is 113 Å². The molecular weight excluding hydrogens is 244 g/mol. The second-order valence-electron chi connectivity index (χ2n) is 4.69. The Morgan fingerprint density at radius 3 is 2.74 bits per heavy atom. The number of nitrogens with one attached hydrogen (secondary N) is 2. The number of rotatable bonds is 7. The van der Waals surface area contributed by atoms with E-state index in [1.807, 2.05) is 0 Å². The predicted octanol–water partition coefficient (Wildman–Crippen LogP) is 1.64. The Kier molecular flexibility index (Phi) is 4.63. The molecular formula is C14H20N2O3. The zero-order valence-electron chi connectivity index (χ0n) is 11.4. The van der Waals surface area contributed by atoms with Crippen molar-refractivity contribution in [3.05, 3.63) is 18.2 Å². The minimum absolute atomic E-state index is 0.0656. The molecule has 5 nitrogen and oxygen atoms in total. The molecule has 1 aliphatic carbocycles. The molecule has 1 fully saturated rings. The number of benzene rings is 1. The van der Waals surface area contributed by atoms with Crippen LogP contribution in [0.5, 0.6) is 11.5 Å². The van der Waals surface area contributed by atoms with Crippen LogP contribution in [0.2, 0.25) is 0 Å². The zero-order valence-corrected chi connectivity index (χ0v) is 11.4. The van der Waals surface area contributed by atoms with Crippen molar-refractivity contribution in [3.8, 4) is 11.5 Å². The molecule has 0 radical (unpaired) electrons. The molecule has 0 saturated heterocycles. The van der Waals surface area contributed by atoms with Crippen LogP contribution >= 0.6 is 0 Å². The molecule has 0 heterocycles. The number of hydrogen-bond donors (Lipinski definition) is 2. The maximum Gasteiger partial charge on any atom is 0.238 e. The lowest BCUT2D eigenvalue weighted by atomic mass is 10.2. The van der Waals surface area contributed by atoms with Gasteiger partial charge in [0.25, 0.3) is 0 Å². The molecule has 1 amide bonds. The van der Waals surface area contributed by atoms with Crippen LogP contribution in [0.1, 0.15) is 12.8 Å². The molecule has 1 aromatic carbocycles. The number of amides is 1. The van der Waals surface area contributed by atoms with E-state index in [1.165, 1.54) is 12.8 Å². The lowest BCUT2D eigenvalue weighted by molar-refractivity contribution is -0.115. The SMILES string of the molecule is COc1ccc(NC(=O)CNCC2CC2)c(OC)c1. The molecule has 1 aromatic rings. The van der Waals surface area contributed by atoms with E-state index in [4.69, 9.17) is 9.47 Å². The summed E-state index contributed by atoms with van der Waals surface area (Å²) >= 11 is 0. The maximum absolute atomic E-state index is 11.8. The van der Waals surface area contributed by atoms with Crippen molar-refractivity contribution in [1.29, 1.82) is 0 Å². The van der Waals surface area contributed by atoms with Gasteiger partial charge in [-0.25, -0.2) is 0 Å². The summed E-state index contributed by atoms with van der Waals surface area (Å²) in [5, 5.41) is 5.97. The van der Waals surface area contributed by atoms with E-state index >= 15 is 0 Å². The number of ether oxygens (including phenoxy) is 2. The summed E-state index contributed by atoms with van der Waals surface area (Å²) in [4.78, 5) is 11.8. The molecule has 104 valence electrons. The molecule has 0 bridgehead atoms. The van der Waals surface area contributed by atoms with Crippen LogP contribution in [0.3, 0.4) is 0 Å². The Hall–Kier alpha value is -1.75. The molecule has 1 aliphatic rings. The summed E-state index contributed by atoms with van der Waals surface area (Å²) in [5.41, 5.74) is 0.654. The van der Waals surface area contributed by atoms with E-state index in [0.29, 0.717) is 23.7 Å². The lowest BCUT2D eigenvalue weighted by Gasteiger charge is -2.11. The average Bonchev–Trinajstić information content (AvgIpc) is 3.23. The monoisotopic (exact) mass is 264 g/mol. The summed E-state index contributed by atoms with van der Waals surface area (Å²) in [6, 6.07) is 5.31. The largest absolute Gasteiger partial charge is 0.497 e. The third-order valence-corrected chi connectivity index (χ3v) is 3.10. The van der Waals surface area contributed by atoms with Gasteiger partial charge in [0.05, 0.1) is 26.5 Å². The fraction of sp³-hybridized carbons (Fsp3) is 0.500. The first kappa shape index (κ1) is 13.7. The second-order valence-corrected chi connectivity index (χ2v) is 4.69. The number of hydrogen-bond acceptors (Lipinski definition) is 4. The van der Waals surface area contributed by atoms with Gasteiger partial charge in [-0.3, -0.25) is 4.79 Å². The Morgan fingerprint density at radius 1 is 1.32 bits per heavy atom. The van der Waals surface area contributed by atoms with Crippen molar-refractivity contribution in [2.24, 2.45) is 5.92 Å². The minimum Gasteiger partial charge on any atom is -0.497 e. The van der Waals surface area contributed by atoms with E-state index in [-0.39, 0.29) is 5.91 Å². The molecule has 0 atom stereocenters. The van der Waals surface area contributed by atoms with Crippen molar-refractivity contribution < 1.29 is 14.3 Å². The number of carbonyl (C=O) groups excluding carboxylic acids is 1. The van der Waals surface area contributed by atoms with Crippen LogP contribution in [-0.2, 0) is 4.79 Å². The minimum atomic E-state index is -0.0656. The second kappa shape index (κ2) is 6.43. The quantitative estimate of drug-likeness (QED) is 0.786. The first-order valence-corrected chi connectivity index (χ1v) is 6.45. The highest BCUT2D eigenvalue weighted by Gasteiger charge is 2.20. The maximum atomic E-state index is 11.8. The van der Waals surface area contributed by atoms with Gasteiger partial charge in [0.2, 0.25) is 5.91 Å². The van der Waals surface area contributed by atoms with Gasteiger partial charge in [-0.1, -0.05) is 0 Å². The zero-order chi connectivity index (χ0) is 13.7. The van der Waals surface area contributed by atoms with Gasteiger partial charge >= 0.3 is 0 Å². The van der Waals surface area contributed by atoms with Crippen LogP contribution in [0.4, 0.5) is 5.69 Å². The third-order valence-electron chi connectivity index (χ3n) is 3.10. The van der Waals surface area contributed by atoms with Gasteiger partial charge < -0.3 is 20.1 Å². The summed E-state index contributed by atoms with van der Waals surface area (Å²) in [7, 11) is 3.16. The molecule has 0 unspecified atom stereocenters. The van der Waals surface area contributed by atoms with Gasteiger partial charge in [-0.05, 0) is 37.4 Å². The van der Waals surface area contributed by atoms with E-state index in [1.54, 1.807) is 32.4 Å². The van der Waals surface area contributed by atoms with E-state index in [2.05, 4.69) is 10.6 Å². The Morgan fingerprint density at radius 2 is 2.11 bits per heavy atom. The fourth-order valence-corrected chi connectivity index (χ4v) is 1.81. The normalized spacial score (nSPS) is 14.0. The summed E-state index contributed by atoms with van der Waals surface area (Å²) in [6.45, 7) is 1.25. The van der Waals surface area contributed by atoms with E-state index < -0.39 is 0 Å². The van der Waals surface area contributed by atoms with Crippen molar-refractivity contribution >= 4 is 11.6 Å². The third kappa shape index (κ3) is 4.13. The molecule has 1 saturated carbocycles. The first-order valence-electron chi connectivity index (χ1n) is 6.45. The van der Waals surface area contributed by atoms with Crippen LogP contribution in [-0.4, -0.2) is 33.2 Å². The Bertz CT molecular complexity index is 444. The molecule has 0 spiro atoms. The van der Waals surface area contributed by atoms with Crippen LogP contribution < -0.4 is 20.1 Å². The van der Waals surface area contributed by atoms with Crippen LogP contribution in [0.25, 0.3) is 0 Å². The number of methoxy groups -OCH3 is 2. The first-order chi connectivity index (χ1) is 9.22. The highest BCUT2D eigenvalue weighted by molar-refractivity contribution is 5.93. The fourth-order valence-electron chi connectivity index (χ4n) is 1.81. The number of carbonyl (C=O) groups is 1. The van der Waals surface area contributed by atoms with Crippen molar-refractivity contribution in [2.45, 2.75) is 12.8 Å². The topological polar surface area (TPSA) is 59.6 Å². The van der Waals surface area contributed by atoms with Crippen LogP contribution in [0, 0.1) is 5.92 Å². The van der Waals surface area contributed by atoms with E-state index in [9.17, 15) is 4.79 Å². The van der Waals surface area contributed by atoms with Crippen molar-refractivity contribution in [1.82, 2.24) is 5.32 Å². The van der Waals surface area contributed by atoms with Gasteiger partial charge in [0.15, 0.2) is 0 Å². The van der Waals surface area contributed by atoms with Crippen LogP contribution in [0.15, 0.2) is 18.2 Å². The van der Waals surface area contributed by atoms with Crippen molar-refractivity contribution in [2.75, 3.05) is 32.6 Å². The molecule has 19 heavy (non-hydrogen) atoms. The Balaban J connectivity index is 1.87. The smallest absolute Gasteiger partial charge is 0.238 e. The highest BCUT2D eigenvalue weighted by atomic mass is 16.5. The number of anilines is 1. The van der Waals surface area contributed by atoms with E-state index in [0.717, 1.165) is 12.5 Å². The van der Waals surface area contributed by atoms with Gasteiger partial charge in [-0.2, -0.15) is 0 Å². The van der Waals surface area contributed by atoms with Gasteiger partial charge in [0, 0.05) is 6.07 Å². The average molecular weight is 264 g/mol. The molecule has 2 N–H and O–H groups in total. The molecule has 0 aromatic heterocycles. The molecule has 5 heteroatoms. The molecule has 0 aliphatic heterocycles. The summed E-state index contributed by atoms with van der Waals surface area (Å²) in [5.74, 6) is 1.99. The molecule has 2 rings (SSSR count). The van der Waals surface area contributed by atoms with Gasteiger partial charge in [0.1, 0.15) is 11.5 Å². The van der Waals surface area contributed by atoms with Gasteiger partial charge in [-0.15, -0.1) is 0 Å². The van der Waals surface area contributed by atoms with Crippen molar-refractivity contribution in [3.63, 3.8) is 0 Å². The predicted molar refractivity (Wildman–Crippen MR) is 73.8 cm³/mol. The lowest BCUT2D eigenvalue weighted by Crippen LogP contribution is -2.29. The standard InChI is InChI=1S/C14H20N2O3/c1-18-11-5-6-12(13(7-11)19-2)16-14(17)9-15-8-10-3-4-10/h5-7,10,15H,3-4,8-9H2,1-2H3,(H,16,17). The summed E-state index contributed by atoms with van der Waals surface area (Å²) < 4.78 is 10.3. The summed E-state index contributed by atoms with van der Waals surface area (Å²) in [6.07, 6.45) is 2.56.